The fourth-order valence-corrected chi connectivity index (χ4v) is 10.7. The molecule has 7 heteroatoms. The van der Waals surface area contributed by atoms with Gasteiger partial charge in [-0.15, -0.1) is 0 Å². The molecule has 0 aliphatic carbocycles. The zero-order chi connectivity index (χ0) is 53.0. The van der Waals surface area contributed by atoms with Crippen molar-refractivity contribution in [1.29, 1.82) is 0 Å². The summed E-state index contributed by atoms with van der Waals surface area (Å²) in [5.74, 6) is 2.26. The fourth-order valence-electron chi connectivity index (χ4n) is 10.7. The third-order valence-electron chi connectivity index (χ3n) is 16.0. The summed E-state index contributed by atoms with van der Waals surface area (Å²) in [5, 5.41) is 0. The van der Waals surface area contributed by atoms with Gasteiger partial charge in [0.25, 0.3) is 0 Å². The highest BCUT2D eigenvalue weighted by Crippen LogP contribution is 2.24. The largest absolute Gasteiger partial charge is 0.465 e. The monoisotopic (exact) mass is 1020 g/mol. The van der Waals surface area contributed by atoms with Crippen LogP contribution in [0.5, 0.6) is 0 Å². The number of unbranched alkanes of at least 4 members (excludes halogenated alkanes) is 27. The minimum absolute atomic E-state index is 0.00298. The highest BCUT2D eigenvalue weighted by Gasteiger charge is 2.23. The maximum absolute atomic E-state index is 14.0. The molecule has 0 aromatic carbocycles. The van der Waals surface area contributed by atoms with Crippen molar-refractivity contribution in [1.82, 2.24) is 9.80 Å². The summed E-state index contributed by atoms with van der Waals surface area (Å²) < 4.78 is 11.8. The molecule has 72 heavy (non-hydrogen) atoms. The molecule has 0 saturated carbocycles. The number of esters is 2. The van der Waals surface area contributed by atoms with Crippen LogP contribution in [0.2, 0.25) is 0 Å². The molecular weight excluding hydrogens is 889 g/mol. The summed E-state index contributed by atoms with van der Waals surface area (Å²) in [4.78, 5) is 44.1. The maximum atomic E-state index is 14.0. The van der Waals surface area contributed by atoms with Crippen LogP contribution in [-0.4, -0.2) is 74.1 Å². The standard InChI is InChI=1S/C65H128N2O5/c1-9-14-18-22-28-37-48-60(46-35-20-16-11-3)57-71-64(69)53-42-31-25-23-29-39-50-62(67(56-44-55-66(7)8)63(68)52-41-27-19-15-10-2)51-40-30-24-26-32-43-54-65(70)72-58-61(47-36-21-17-12-4)49-38-33-34-45-59(6)13-5/h59-62H,9-58H2,1-8H3. The molecule has 428 valence electrons. The Morgan fingerprint density at radius 3 is 1.07 bits per heavy atom. The van der Waals surface area contributed by atoms with Gasteiger partial charge < -0.3 is 19.3 Å². The molecule has 0 radical (unpaired) electrons. The molecule has 4 unspecified atom stereocenters. The van der Waals surface area contributed by atoms with Crippen molar-refractivity contribution in [2.45, 2.75) is 343 Å². The normalized spacial score (nSPS) is 13.3. The Balaban J connectivity index is 5.00. The molecule has 0 heterocycles. The highest BCUT2D eigenvalue weighted by atomic mass is 16.5. The van der Waals surface area contributed by atoms with Crippen LogP contribution in [0.1, 0.15) is 337 Å². The van der Waals surface area contributed by atoms with E-state index in [0.717, 1.165) is 102 Å². The van der Waals surface area contributed by atoms with Gasteiger partial charge in [0, 0.05) is 31.8 Å². The third kappa shape index (κ3) is 46.9. The van der Waals surface area contributed by atoms with E-state index in [-0.39, 0.29) is 11.9 Å². The summed E-state index contributed by atoms with van der Waals surface area (Å²) in [6, 6.07) is 0.316. The van der Waals surface area contributed by atoms with Gasteiger partial charge in [0.15, 0.2) is 0 Å². The van der Waals surface area contributed by atoms with E-state index in [0.29, 0.717) is 56.3 Å². The van der Waals surface area contributed by atoms with Crippen molar-refractivity contribution in [3.8, 4) is 0 Å². The van der Waals surface area contributed by atoms with E-state index >= 15 is 0 Å². The van der Waals surface area contributed by atoms with Crippen molar-refractivity contribution in [2.75, 3.05) is 40.4 Å². The maximum Gasteiger partial charge on any atom is 0.305 e. The first-order valence-electron chi connectivity index (χ1n) is 32.4. The van der Waals surface area contributed by atoms with Crippen LogP contribution >= 0.6 is 0 Å². The van der Waals surface area contributed by atoms with E-state index in [1.165, 1.54) is 193 Å². The van der Waals surface area contributed by atoms with Gasteiger partial charge in [-0.25, -0.2) is 0 Å². The van der Waals surface area contributed by atoms with Crippen molar-refractivity contribution < 1.29 is 23.9 Å². The average molecular weight is 1020 g/mol. The number of hydrogen-bond donors (Lipinski definition) is 0. The van der Waals surface area contributed by atoms with Gasteiger partial charge in [0.2, 0.25) is 5.91 Å². The summed E-state index contributed by atoms with van der Waals surface area (Å²) in [7, 11) is 4.27. The third-order valence-corrected chi connectivity index (χ3v) is 16.0. The number of nitrogens with zero attached hydrogens (tertiary/aromatic N) is 2. The Morgan fingerprint density at radius 1 is 0.361 bits per heavy atom. The molecular formula is C65H128N2O5. The molecule has 0 bridgehead atoms. The van der Waals surface area contributed by atoms with Crippen LogP contribution in [0, 0.1) is 17.8 Å². The summed E-state index contributed by atoms with van der Waals surface area (Å²) in [6.45, 7) is 16.8. The topological polar surface area (TPSA) is 76.2 Å². The summed E-state index contributed by atoms with van der Waals surface area (Å²) >= 11 is 0. The second-order valence-electron chi connectivity index (χ2n) is 23.4. The van der Waals surface area contributed by atoms with Crippen LogP contribution < -0.4 is 0 Å². The van der Waals surface area contributed by atoms with Crippen molar-refractivity contribution in [2.24, 2.45) is 17.8 Å². The lowest BCUT2D eigenvalue weighted by atomic mass is 9.94. The van der Waals surface area contributed by atoms with Gasteiger partial charge in [-0.1, -0.05) is 253 Å². The lowest BCUT2D eigenvalue weighted by Gasteiger charge is -2.33. The number of ether oxygens (including phenoxy) is 2. The van der Waals surface area contributed by atoms with Crippen LogP contribution in [-0.2, 0) is 23.9 Å². The molecule has 0 aliphatic heterocycles. The number of carbonyl (C=O) groups is 3. The minimum Gasteiger partial charge on any atom is -0.465 e. The fraction of sp³-hybridized carbons (Fsp3) is 0.954. The average Bonchev–Trinajstić information content (AvgIpc) is 3.37. The number of hydrogen-bond acceptors (Lipinski definition) is 6. The van der Waals surface area contributed by atoms with Crippen molar-refractivity contribution >= 4 is 17.8 Å². The Labute approximate surface area is 450 Å². The highest BCUT2D eigenvalue weighted by molar-refractivity contribution is 5.76. The van der Waals surface area contributed by atoms with E-state index in [1.807, 2.05) is 0 Å². The zero-order valence-electron chi connectivity index (χ0n) is 50.1. The molecule has 0 saturated heterocycles. The second-order valence-corrected chi connectivity index (χ2v) is 23.4. The van der Waals surface area contributed by atoms with Gasteiger partial charge in [0.05, 0.1) is 13.2 Å². The summed E-state index contributed by atoms with van der Waals surface area (Å²) in [5.41, 5.74) is 0. The SMILES string of the molecule is CCCCCCCCC(CCCCCC)COC(=O)CCCCCCCCC(CCCCCCCCC(=O)OCC(CCCCCC)CCCCCC(C)CC)N(CCCN(C)C)C(=O)CCCCCCC. The Hall–Kier alpha value is -1.63. The lowest BCUT2D eigenvalue weighted by molar-refractivity contribution is -0.146. The minimum atomic E-state index is 0.00298. The first kappa shape index (κ1) is 70.4. The molecule has 0 N–H and O–H groups in total. The van der Waals surface area contributed by atoms with E-state index < -0.39 is 0 Å². The molecule has 1 amide bonds. The predicted octanol–water partition coefficient (Wildman–Crippen LogP) is 19.7. The van der Waals surface area contributed by atoms with Gasteiger partial charge in [-0.2, -0.15) is 0 Å². The molecule has 0 aromatic rings. The Morgan fingerprint density at radius 2 is 0.681 bits per heavy atom. The van der Waals surface area contributed by atoms with Gasteiger partial charge in [0.1, 0.15) is 0 Å². The van der Waals surface area contributed by atoms with Gasteiger partial charge in [-0.3, -0.25) is 14.4 Å². The molecule has 0 aromatic heterocycles. The van der Waals surface area contributed by atoms with Crippen LogP contribution in [0.4, 0.5) is 0 Å². The van der Waals surface area contributed by atoms with Gasteiger partial charge in [-0.05, 0) is 103 Å². The molecule has 0 rings (SSSR count). The van der Waals surface area contributed by atoms with Crippen LogP contribution in [0.15, 0.2) is 0 Å². The quantitative estimate of drug-likeness (QED) is 0.0446. The molecule has 7 nitrogen and oxygen atoms in total. The first-order valence-corrected chi connectivity index (χ1v) is 32.4. The van der Waals surface area contributed by atoms with Crippen molar-refractivity contribution in [3.63, 3.8) is 0 Å². The van der Waals surface area contributed by atoms with Crippen LogP contribution in [0.25, 0.3) is 0 Å². The van der Waals surface area contributed by atoms with E-state index in [2.05, 4.69) is 65.4 Å². The Kier molecular flexibility index (Phi) is 52.9. The van der Waals surface area contributed by atoms with E-state index in [9.17, 15) is 14.4 Å². The second kappa shape index (κ2) is 54.2. The Bertz CT molecular complexity index is 1160. The number of carbonyl (C=O) groups excluding carboxylic acids is 3. The molecule has 4 atom stereocenters. The van der Waals surface area contributed by atoms with E-state index in [1.54, 1.807) is 0 Å². The molecule has 0 fully saturated rings. The lowest BCUT2D eigenvalue weighted by Crippen LogP contribution is -2.41. The van der Waals surface area contributed by atoms with Crippen molar-refractivity contribution in [3.05, 3.63) is 0 Å². The molecule has 0 spiro atoms. The predicted molar refractivity (Wildman–Crippen MR) is 313 cm³/mol. The number of amides is 1. The smallest absolute Gasteiger partial charge is 0.305 e. The summed E-state index contributed by atoms with van der Waals surface area (Å²) in [6.07, 6.45) is 53.8. The van der Waals surface area contributed by atoms with Gasteiger partial charge >= 0.3 is 11.9 Å². The number of rotatable bonds is 57. The van der Waals surface area contributed by atoms with Crippen LogP contribution in [0.3, 0.4) is 0 Å². The molecule has 0 aliphatic rings. The first-order chi connectivity index (χ1) is 35.1. The zero-order valence-corrected chi connectivity index (χ0v) is 50.1. The van der Waals surface area contributed by atoms with E-state index in [4.69, 9.17) is 9.47 Å².